The largest absolute Gasteiger partial charge is 0.0998 e. The van der Waals surface area contributed by atoms with Crippen LogP contribution < -0.4 is 0 Å². The molecule has 0 N–H and O–H groups in total. The molecule has 0 aromatic rings. The van der Waals surface area contributed by atoms with Crippen LogP contribution in [0.15, 0.2) is 24.3 Å². The van der Waals surface area contributed by atoms with Crippen LogP contribution in [0.25, 0.3) is 0 Å². The van der Waals surface area contributed by atoms with Gasteiger partial charge in [0.2, 0.25) is 0 Å². The molecule has 8 heavy (non-hydrogen) atoms. The normalized spacial score (nSPS) is 20.8. The highest BCUT2D eigenvalue weighted by atomic mass is 14.0. The molecule has 0 heteroatoms. The lowest BCUT2D eigenvalue weighted by atomic mass is 10.1. The first-order valence-electron chi connectivity index (χ1n) is 3.21. The lowest BCUT2D eigenvalue weighted by Crippen LogP contribution is -1.74. The van der Waals surface area contributed by atoms with Gasteiger partial charge in [0.15, 0.2) is 0 Å². The average molecular weight is 108 g/mol. The fourth-order valence-electron chi connectivity index (χ4n) is 0.936. The van der Waals surface area contributed by atoms with Gasteiger partial charge in [0.05, 0.1) is 0 Å². The number of rotatable bonds is 0. The van der Waals surface area contributed by atoms with E-state index in [1.165, 1.54) is 31.3 Å². The van der Waals surface area contributed by atoms with Crippen LogP contribution in [0.4, 0.5) is 0 Å². The first-order chi connectivity index (χ1) is 3.89. The molecule has 0 fully saturated rings. The Morgan fingerprint density at radius 1 is 1.12 bits per heavy atom. The summed E-state index contributed by atoms with van der Waals surface area (Å²) in [6.07, 6.45) is 9.32. The first-order valence-corrected chi connectivity index (χ1v) is 3.21. The molecule has 0 aromatic carbocycles. The lowest BCUT2D eigenvalue weighted by molar-refractivity contribution is 0.905. The number of hydrogen-bond acceptors (Lipinski definition) is 0. The van der Waals surface area contributed by atoms with Gasteiger partial charge < -0.3 is 0 Å². The Hall–Kier alpha value is -0.520. The van der Waals surface area contributed by atoms with Gasteiger partial charge >= 0.3 is 0 Å². The second kappa shape index (κ2) is 2.71. The van der Waals surface area contributed by atoms with Crippen molar-refractivity contribution in [3.63, 3.8) is 0 Å². The monoisotopic (exact) mass is 108 g/mol. The molecule has 0 aliphatic heterocycles. The molecule has 0 bridgehead atoms. The molecule has 0 saturated heterocycles. The van der Waals surface area contributed by atoms with E-state index in [0.29, 0.717) is 0 Å². The van der Waals surface area contributed by atoms with E-state index in [1.54, 1.807) is 0 Å². The zero-order valence-corrected chi connectivity index (χ0v) is 5.19. The number of allylic oxidation sites excluding steroid dienone is 3. The van der Waals surface area contributed by atoms with Gasteiger partial charge in [-0.2, -0.15) is 0 Å². The van der Waals surface area contributed by atoms with Crippen molar-refractivity contribution in [1.82, 2.24) is 0 Å². The molecule has 0 heterocycles. The Kier molecular flexibility index (Phi) is 1.90. The minimum absolute atomic E-state index is 1.20. The number of hydrogen-bond donors (Lipinski definition) is 0. The molecular weight excluding hydrogens is 96.1 g/mol. The predicted octanol–water partition coefficient (Wildman–Crippen LogP) is 2.67. The molecule has 1 aliphatic carbocycles. The van der Waals surface area contributed by atoms with Crippen molar-refractivity contribution in [1.29, 1.82) is 0 Å². The zero-order valence-electron chi connectivity index (χ0n) is 5.19. The maximum atomic E-state index is 3.93. The molecule has 0 aromatic heterocycles. The maximum absolute atomic E-state index is 3.93. The summed E-state index contributed by atoms with van der Waals surface area (Å²) < 4.78 is 0. The Morgan fingerprint density at radius 2 is 1.62 bits per heavy atom. The van der Waals surface area contributed by atoms with E-state index in [1.807, 2.05) is 0 Å². The maximum Gasteiger partial charge on any atom is -0.0288 e. The Bertz CT molecular complexity index is 97.2. The molecule has 1 rings (SSSR count). The predicted molar refractivity (Wildman–Crippen MR) is 36.7 cm³/mol. The summed E-state index contributed by atoms with van der Waals surface area (Å²) in [6, 6.07) is 0. The van der Waals surface area contributed by atoms with Gasteiger partial charge in [-0.1, -0.05) is 24.3 Å². The van der Waals surface area contributed by atoms with Crippen molar-refractivity contribution in [3.8, 4) is 0 Å². The fourth-order valence-corrected chi connectivity index (χ4v) is 0.936. The van der Waals surface area contributed by atoms with Gasteiger partial charge in [0.25, 0.3) is 0 Å². The average Bonchev–Trinajstić information content (AvgIpc) is 1.94. The third-order valence-electron chi connectivity index (χ3n) is 1.50. The van der Waals surface area contributed by atoms with Gasteiger partial charge in [-0.15, -0.1) is 0 Å². The lowest BCUT2D eigenvalue weighted by Gasteiger charge is -1.94. The minimum atomic E-state index is 1.20. The van der Waals surface area contributed by atoms with Crippen molar-refractivity contribution < 1.29 is 0 Å². The molecule has 0 atom stereocenters. The van der Waals surface area contributed by atoms with Crippen LogP contribution in [0.3, 0.4) is 0 Å². The van der Waals surface area contributed by atoms with Gasteiger partial charge in [-0.25, -0.2) is 0 Å². The van der Waals surface area contributed by atoms with Crippen LogP contribution in [-0.4, -0.2) is 0 Å². The van der Waals surface area contributed by atoms with E-state index in [4.69, 9.17) is 0 Å². The van der Waals surface area contributed by atoms with E-state index in [9.17, 15) is 0 Å². The van der Waals surface area contributed by atoms with Crippen LogP contribution in [0.2, 0.25) is 0 Å². The molecule has 0 nitrogen and oxygen atoms in total. The first kappa shape index (κ1) is 5.61. The third-order valence-corrected chi connectivity index (χ3v) is 1.50. The Morgan fingerprint density at radius 3 is 2.12 bits per heavy atom. The quantitative estimate of drug-likeness (QED) is 0.418. The molecule has 0 amide bonds. The highest BCUT2D eigenvalue weighted by molar-refractivity contribution is 5.02. The summed E-state index contributed by atoms with van der Waals surface area (Å²) in [5.41, 5.74) is 1.41. The summed E-state index contributed by atoms with van der Waals surface area (Å²) in [6.45, 7) is 3.93. The van der Waals surface area contributed by atoms with Gasteiger partial charge in [-0.3, -0.25) is 0 Å². The summed E-state index contributed by atoms with van der Waals surface area (Å²) in [4.78, 5) is 0. The molecule has 0 saturated carbocycles. The molecular formula is C8H12. The minimum Gasteiger partial charge on any atom is -0.0998 e. The highest BCUT2D eigenvalue weighted by Crippen LogP contribution is 2.14. The van der Waals surface area contributed by atoms with Crippen LogP contribution in [-0.2, 0) is 0 Å². The van der Waals surface area contributed by atoms with E-state index in [-0.39, 0.29) is 0 Å². The molecule has 0 spiro atoms. The van der Waals surface area contributed by atoms with Crippen molar-refractivity contribution >= 4 is 0 Å². The highest BCUT2D eigenvalue weighted by Gasteiger charge is 1.94. The topological polar surface area (TPSA) is 0 Å². The summed E-state index contributed by atoms with van der Waals surface area (Å²) in [7, 11) is 0. The molecule has 0 unspecified atom stereocenters. The Balaban J connectivity index is 2.39. The van der Waals surface area contributed by atoms with Crippen molar-refractivity contribution in [2.24, 2.45) is 0 Å². The van der Waals surface area contributed by atoms with E-state index in [0.717, 1.165) is 0 Å². The van der Waals surface area contributed by atoms with Crippen LogP contribution in [0.5, 0.6) is 0 Å². The van der Waals surface area contributed by atoms with Crippen LogP contribution >= 0.6 is 0 Å². The van der Waals surface area contributed by atoms with Crippen molar-refractivity contribution in [2.45, 2.75) is 25.7 Å². The third kappa shape index (κ3) is 1.53. The van der Waals surface area contributed by atoms with E-state index < -0.39 is 0 Å². The molecule has 1 aliphatic rings. The van der Waals surface area contributed by atoms with Gasteiger partial charge in [0, 0.05) is 0 Å². The van der Waals surface area contributed by atoms with Gasteiger partial charge in [-0.05, 0) is 25.7 Å². The zero-order chi connectivity index (χ0) is 5.82. The Labute approximate surface area is 50.9 Å². The van der Waals surface area contributed by atoms with Crippen LogP contribution in [0.1, 0.15) is 25.7 Å². The fraction of sp³-hybridized carbons (Fsp3) is 0.500. The SMILES string of the molecule is C=C1CCC=CCC1. The van der Waals surface area contributed by atoms with E-state index >= 15 is 0 Å². The summed E-state index contributed by atoms with van der Waals surface area (Å²) >= 11 is 0. The van der Waals surface area contributed by atoms with Gasteiger partial charge in [0.1, 0.15) is 0 Å². The summed E-state index contributed by atoms with van der Waals surface area (Å²) in [5.74, 6) is 0. The molecule has 0 radical (unpaired) electrons. The van der Waals surface area contributed by atoms with Crippen LogP contribution in [0, 0.1) is 0 Å². The molecule has 44 valence electrons. The second-order valence-corrected chi connectivity index (χ2v) is 2.30. The van der Waals surface area contributed by atoms with Crippen molar-refractivity contribution in [3.05, 3.63) is 24.3 Å². The summed E-state index contributed by atoms with van der Waals surface area (Å²) in [5, 5.41) is 0. The second-order valence-electron chi connectivity index (χ2n) is 2.30. The van der Waals surface area contributed by atoms with E-state index in [2.05, 4.69) is 18.7 Å². The van der Waals surface area contributed by atoms with Crippen molar-refractivity contribution in [2.75, 3.05) is 0 Å². The smallest absolute Gasteiger partial charge is 0.0288 e. The standard InChI is InChI=1S/C8H12/c1-8-6-4-2-3-5-7-8/h2-3H,1,4-7H2.